The summed E-state index contributed by atoms with van der Waals surface area (Å²) in [7, 11) is 0. The van der Waals surface area contributed by atoms with Gasteiger partial charge in [-0.05, 0) is 17.5 Å². The van der Waals surface area contributed by atoms with Crippen molar-refractivity contribution < 1.29 is 13.5 Å². The van der Waals surface area contributed by atoms with Gasteiger partial charge in [0, 0.05) is 30.4 Å². The first-order valence-corrected chi connectivity index (χ1v) is 8.39. The van der Waals surface area contributed by atoms with Crippen molar-refractivity contribution in [3.05, 3.63) is 47.8 Å². The molecule has 0 aliphatic carbocycles. The van der Waals surface area contributed by atoms with E-state index in [0.29, 0.717) is 17.9 Å². The molecule has 3 heterocycles. The van der Waals surface area contributed by atoms with E-state index in [0.717, 1.165) is 11.1 Å². The number of nitriles is 1. The number of nitrogens with zero attached hydrogens (tertiary/aromatic N) is 5. The number of pyridine rings is 1. The van der Waals surface area contributed by atoms with E-state index < -0.39 is 6.43 Å². The van der Waals surface area contributed by atoms with Gasteiger partial charge in [0.15, 0.2) is 0 Å². The number of hydrogen-bond donors (Lipinski definition) is 0. The van der Waals surface area contributed by atoms with E-state index in [1.165, 1.54) is 18.3 Å². The van der Waals surface area contributed by atoms with Crippen molar-refractivity contribution in [3.8, 4) is 11.8 Å². The van der Waals surface area contributed by atoms with E-state index in [-0.39, 0.29) is 23.5 Å². The monoisotopic (exact) mass is 371 g/mol. The van der Waals surface area contributed by atoms with Crippen molar-refractivity contribution in [3.63, 3.8) is 0 Å². The second-order valence-electron chi connectivity index (χ2n) is 7.37. The molecule has 3 rings (SSSR count). The van der Waals surface area contributed by atoms with Crippen molar-refractivity contribution in [2.75, 3.05) is 0 Å². The van der Waals surface area contributed by atoms with Crippen LogP contribution in [0.25, 0.3) is 11.0 Å². The highest BCUT2D eigenvalue weighted by atomic mass is 19.3. The van der Waals surface area contributed by atoms with Crippen LogP contribution in [0.3, 0.4) is 0 Å². The van der Waals surface area contributed by atoms with Crippen LogP contribution in [-0.2, 0) is 13.2 Å². The van der Waals surface area contributed by atoms with Crippen LogP contribution in [0.1, 0.15) is 44.4 Å². The Morgan fingerprint density at radius 2 is 2.04 bits per heavy atom. The lowest BCUT2D eigenvalue weighted by Gasteiger charge is -2.21. The Labute approximate surface area is 155 Å². The van der Waals surface area contributed by atoms with Crippen molar-refractivity contribution in [1.29, 1.82) is 5.26 Å². The van der Waals surface area contributed by atoms with Crippen LogP contribution in [0.15, 0.2) is 30.6 Å². The van der Waals surface area contributed by atoms with Crippen LogP contribution < -0.4 is 4.74 Å². The Morgan fingerprint density at radius 1 is 1.26 bits per heavy atom. The first-order chi connectivity index (χ1) is 12.8. The van der Waals surface area contributed by atoms with Gasteiger partial charge in [-0.3, -0.25) is 4.98 Å². The number of hydrogen-bond acceptors (Lipinski definition) is 5. The van der Waals surface area contributed by atoms with E-state index in [4.69, 9.17) is 10.00 Å². The fourth-order valence-corrected chi connectivity index (χ4v) is 2.71. The van der Waals surface area contributed by atoms with Crippen LogP contribution in [0.5, 0.6) is 5.75 Å². The largest absolute Gasteiger partial charge is 0.487 e. The molecular weight excluding hydrogens is 352 g/mol. The smallest absolute Gasteiger partial charge is 0.280 e. The van der Waals surface area contributed by atoms with Gasteiger partial charge in [0.1, 0.15) is 29.8 Å². The SMILES string of the molecule is CC(C)(C)Cn1c(COc2ccnc(C(F)F)c2)cc2cnc(C#N)nc21. The van der Waals surface area contributed by atoms with E-state index in [1.807, 2.05) is 16.7 Å². The second-order valence-corrected chi connectivity index (χ2v) is 7.37. The average Bonchev–Trinajstić information content (AvgIpc) is 2.95. The van der Waals surface area contributed by atoms with Crippen molar-refractivity contribution in [2.24, 2.45) is 5.41 Å². The first-order valence-electron chi connectivity index (χ1n) is 8.39. The van der Waals surface area contributed by atoms with Gasteiger partial charge in [-0.25, -0.2) is 18.7 Å². The minimum atomic E-state index is -2.65. The van der Waals surface area contributed by atoms with Crippen LogP contribution in [-0.4, -0.2) is 19.5 Å². The molecule has 0 atom stereocenters. The highest BCUT2D eigenvalue weighted by Crippen LogP contribution is 2.26. The van der Waals surface area contributed by atoms with Crippen LogP contribution in [0.4, 0.5) is 8.78 Å². The molecule has 0 aliphatic heterocycles. The van der Waals surface area contributed by atoms with Crippen molar-refractivity contribution in [1.82, 2.24) is 19.5 Å². The molecule has 0 saturated carbocycles. The lowest BCUT2D eigenvalue weighted by molar-refractivity contribution is 0.145. The Hall–Kier alpha value is -3.08. The Bertz CT molecular complexity index is 1000. The highest BCUT2D eigenvalue weighted by Gasteiger charge is 2.19. The molecule has 8 heteroatoms. The minimum Gasteiger partial charge on any atom is -0.487 e. The van der Waals surface area contributed by atoms with Crippen molar-refractivity contribution in [2.45, 2.75) is 40.3 Å². The summed E-state index contributed by atoms with van der Waals surface area (Å²) in [6.07, 6.45) is 0.248. The number of fused-ring (bicyclic) bond motifs is 1. The predicted octanol–water partition coefficient (Wildman–Crippen LogP) is 4.26. The van der Waals surface area contributed by atoms with Gasteiger partial charge in [0.25, 0.3) is 6.43 Å². The molecular formula is C19H19F2N5O. The van der Waals surface area contributed by atoms with Gasteiger partial charge >= 0.3 is 0 Å². The van der Waals surface area contributed by atoms with E-state index in [2.05, 4.69) is 35.7 Å². The molecule has 3 aromatic heterocycles. The van der Waals surface area contributed by atoms with Gasteiger partial charge in [-0.15, -0.1) is 0 Å². The maximum Gasteiger partial charge on any atom is 0.280 e. The van der Waals surface area contributed by atoms with Gasteiger partial charge in [0.05, 0.1) is 5.69 Å². The second kappa shape index (κ2) is 7.27. The van der Waals surface area contributed by atoms with Gasteiger partial charge in [-0.2, -0.15) is 5.26 Å². The third-order valence-electron chi connectivity index (χ3n) is 3.82. The summed E-state index contributed by atoms with van der Waals surface area (Å²) in [5.41, 5.74) is 1.10. The summed E-state index contributed by atoms with van der Waals surface area (Å²) < 4.78 is 33.3. The standard InChI is InChI=1S/C19H19F2N5O/c1-19(2,3)11-26-13(6-12-9-24-16(8-22)25-18(12)26)10-27-14-4-5-23-15(7-14)17(20)21/h4-7,9,17H,10-11H2,1-3H3. The summed E-state index contributed by atoms with van der Waals surface area (Å²) in [5, 5.41) is 9.87. The predicted molar refractivity (Wildman–Crippen MR) is 95.2 cm³/mol. The quantitative estimate of drug-likeness (QED) is 0.670. The van der Waals surface area contributed by atoms with E-state index in [1.54, 1.807) is 6.20 Å². The minimum absolute atomic E-state index is 0.0437. The van der Waals surface area contributed by atoms with E-state index in [9.17, 15) is 8.78 Å². The van der Waals surface area contributed by atoms with Crippen LogP contribution in [0.2, 0.25) is 0 Å². The van der Waals surface area contributed by atoms with Crippen molar-refractivity contribution >= 4 is 11.0 Å². The number of alkyl halides is 2. The lowest BCUT2D eigenvalue weighted by atomic mass is 9.97. The maximum absolute atomic E-state index is 12.8. The number of aromatic nitrogens is 4. The Balaban J connectivity index is 1.94. The molecule has 6 nitrogen and oxygen atoms in total. The average molecular weight is 371 g/mol. The third kappa shape index (κ3) is 4.37. The van der Waals surface area contributed by atoms with Gasteiger partial charge in [0.2, 0.25) is 5.82 Å². The Morgan fingerprint density at radius 3 is 2.70 bits per heavy atom. The molecule has 0 aliphatic rings. The maximum atomic E-state index is 12.8. The lowest BCUT2D eigenvalue weighted by Crippen LogP contribution is -2.18. The molecule has 3 aromatic rings. The topological polar surface area (TPSA) is 76.6 Å². The molecule has 0 N–H and O–H groups in total. The molecule has 0 unspecified atom stereocenters. The zero-order chi connectivity index (χ0) is 19.6. The summed E-state index contributed by atoms with van der Waals surface area (Å²) >= 11 is 0. The fourth-order valence-electron chi connectivity index (χ4n) is 2.71. The first kappa shape index (κ1) is 18.7. The van der Waals surface area contributed by atoms with E-state index >= 15 is 0 Å². The molecule has 0 saturated heterocycles. The normalized spacial score (nSPS) is 11.7. The van der Waals surface area contributed by atoms with Gasteiger partial charge in [-0.1, -0.05) is 20.8 Å². The summed E-state index contributed by atoms with van der Waals surface area (Å²) in [6, 6.07) is 6.60. The molecule has 0 bridgehead atoms. The molecule has 0 fully saturated rings. The number of ether oxygens (including phenoxy) is 1. The van der Waals surface area contributed by atoms with Crippen LogP contribution >= 0.6 is 0 Å². The number of rotatable bonds is 5. The number of halogens is 2. The third-order valence-corrected chi connectivity index (χ3v) is 3.82. The molecule has 27 heavy (non-hydrogen) atoms. The molecule has 0 aromatic carbocycles. The summed E-state index contributed by atoms with van der Waals surface area (Å²) in [4.78, 5) is 12.0. The molecule has 0 radical (unpaired) electrons. The van der Waals surface area contributed by atoms with Gasteiger partial charge < -0.3 is 9.30 Å². The summed E-state index contributed by atoms with van der Waals surface area (Å²) in [6.45, 7) is 7.09. The summed E-state index contributed by atoms with van der Waals surface area (Å²) in [5.74, 6) is 0.413. The highest BCUT2D eigenvalue weighted by molar-refractivity contribution is 5.76. The zero-order valence-electron chi connectivity index (χ0n) is 15.3. The molecule has 0 amide bonds. The zero-order valence-corrected chi connectivity index (χ0v) is 15.3. The molecule has 0 spiro atoms. The fraction of sp³-hybridized carbons (Fsp3) is 0.368. The molecule has 140 valence electrons. The van der Waals surface area contributed by atoms with Crippen LogP contribution in [0, 0.1) is 16.7 Å². The Kier molecular flexibility index (Phi) is 5.04.